The molecule has 4 rings (SSSR count). The fourth-order valence-corrected chi connectivity index (χ4v) is 4.90. The zero-order valence-corrected chi connectivity index (χ0v) is 22.9. The van der Waals surface area contributed by atoms with Crippen molar-refractivity contribution in [1.82, 2.24) is 9.80 Å². The number of benzene rings is 2. The van der Waals surface area contributed by atoms with Crippen molar-refractivity contribution in [3.05, 3.63) is 53.1 Å². The number of Topliss-reactive ketones (excluding diaryl/α,β-unsaturated/α-hetero) is 1. The molecule has 1 amide bonds. The smallest absolute Gasteiger partial charge is 0.295 e. The molecule has 2 aromatic rings. The van der Waals surface area contributed by atoms with Crippen LogP contribution in [-0.2, 0) is 14.3 Å². The molecule has 0 bridgehead atoms. The molecule has 0 radical (unpaired) electrons. The van der Waals surface area contributed by atoms with Crippen LogP contribution in [0.15, 0.2) is 42.0 Å². The third-order valence-corrected chi connectivity index (χ3v) is 6.88. The number of rotatable bonds is 11. The van der Waals surface area contributed by atoms with Gasteiger partial charge in [0.2, 0.25) is 5.75 Å². The van der Waals surface area contributed by atoms with Crippen molar-refractivity contribution in [2.24, 2.45) is 0 Å². The standard InChI is InChI=1S/C29H36N2O8/c1-5-13-39-21-8-6-7-19(16-21)26(32)24-25(20-17-22(35-2)28(37-4)23(18-20)36-3)31(29(34)27(24)33)10-9-30-11-14-38-15-12-30/h6-8,16-18,25,32H,5,9-15H2,1-4H3/b26-24+. The van der Waals surface area contributed by atoms with Crippen LogP contribution < -0.4 is 18.9 Å². The highest BCUT2D eigenvalue weighted by atomic mass is 16.5. The second-order valence-electron chi connectivity index (χ2n) is 9.28. The summed E-state index contributed by atoms with van der Waals surface area (Å²) in [6, 6.07) is 9.40. The number of aliphatic hydroxyl groups is 1. The van der Waals surface area contributed by atoms with Crippen LogP contribution in [0.4, 0.5) is 0 Å². The Morgan fingerprint density at radius 1 is 1.00 bits per heavy atom. The van der Waals surface area contributed by atoms with Crippen LogP contribution >= 0.6 is 0 Å². The number of likely N-dealkylation sites (tertiary alicyclic amines) is 1. The number of carbonyl (C=O) groups excluding carboxylic acids is 2. The van der Waals surface area contributed by atoms with E-state index < -0.39 is 17.7 Å². The molecule has 0 spiro atoms. The molecule has 2 fully saturated rings. The van der Waals surface area contributed by atoms with Gasteiger partial charge in [-0.2, -0.15) is 0 Å². The number of amides is 1. The van der Waals surface area contributed by atoms with Crippen molar-refractivity contribution in [3.8, 4) is 23.0 Å². The van der Waals surface area contributed by atoms with Gasteiger partial charge in [-0.1, -0.05) is 19.1 Å². The molecule has 2 saturated heterocycles. The van der Waals surface area contributed by atoms with Crippen molar-refractivity contribution in [1.29, 1.82) is 0 Å². The molecule has 10 nitrogen and oxygen atoms in total. The first-order valence-corrected chi connectivity index (χ1v) is 13.0. The van der Waals surface area contributed by atoms with Gasteiger partial charge in [0.1, 0.15) is 11.5 Å². The summed E-state index contributed by atoms with van der Waals surface area (Å²) >= 11 is 0. The molecule has 0 aromatic heterocycles. The highest BCUT2D eigenvalue weighted by Crippen LogP contribution is 2.45. The van der Waals surface area contributed by atoms with E-state index in [0.717, 1.165) is 19.5 Å². The van der Waals surface area contributed by atoms with Crippen LogP contribution in [0, 0.1) is 0 Å². The van der Waals surface area contributed by atoms with Gasteiger partial charge in [0.05, 0.1) is 52.8 Å². The minimum absolute atomic E-state index is 0.0103. The largest absolute Gasteiger partial charge is 0.507 e. The van der Waals surface area contributed by atoms with Gasteiger partial charge in [0.25, 0.3) is 11.7 Å². The van der Waals surface area contributed by atoms with E-state index in [9.17, 15) is 14.7 Å². The maximum Gasteiger partial charge on any atom is 0.295 e. The lowest BCUT2D eigenvalue weighted by Crippen LogP contribution is -2.42. The zero-order valence-electron chi connectivity index (χ0n) is 22.9. The summed E-state index contributed by atoms with van der Waals surface area (Å²) in [7, 11) is 4.50. The molecule has 39 heavy (non-hydrogen) atoms. The van der Waals surface area contributed by atoms with Crippen molar-refractivity contribution in [2.75, 3.05) is 67.3 Å². The first-order valence-electron chi connectivity index (χ1n) is 13.0. The van der Waals surface area contributed by atoms with Crippen molar-refractivity contribution >= 4 is 17.4 Å². The molecule has 10 heteroatoms. The van der Waals surface area contributed by atoms with Gasteiger partial charge in [-0.15, -0.1) is 0 Å². The van der Waals surface area contributed by atoms with E-state index in [2.05, 4.69) is 4.90 Å². The Morgan fingerprint density at radius 3 is 2.31 bits per heavy atom. The van der Waals surface area contributed by atoms with E-state index in [-0.39, 0.29) is 17.9 Å². The lowest BCUT2D eigenvalue weighted by Gasteiger charge is -2.31. The molecule has 2 aliphatic rings. The monoisotopic (exact) mass is 540 g/mol. The minimum atomic E-state index is -0.875. The summed E-state index contributed by atoms with van der Waals surface area (Å²) in [5.74, 6) is -0.0132. The Hall–Kier alpha value is -3.76. The predicted octanol–water partition coefficient (Wildman–Crippen LogP) is 3.26. The van der Waals surface area contributed by atoms with E-state index in [1.54, 1.807) is 36.4 Å². The number of aliphatic hydroxyl groups excluding tert-OH is 1. The van der Waals surface area contributed by atoms with Crippen LogP contribution in [0.5, 0.6) is 23.0 Å². The number of carbonyl (C=O) groups is 2. The summed E-state index contributed by atoms with van der Waals surface area (Å²) in [6.45, 7) is 6.06. The van der Waals surface area contributed by atoms with Crippen LogP contribution in [0.2, 0.25) is 0 Å². The maximum atomic E-state index is 13.5. The van der Waals surface area contributed by atoms with Crippen LogP contribution in [0.3, 0.4) is 0 Å². The normalized spacial score (nSPS) is 19.3. The summed E-state index contributed by atoms with van der Waals surface area (Å²) in [6.07, 6.45) is 0.825. The van der Waals surface area contributed by atoms with E-state index in [0.29, 0.717) is 60.5 Å². The predicted molar refractivity (Wildman–Crippen MR) is 145 cm³/mol. The molecular weight excluding hydrogens is 504 g/mol. The number of ether oxygens (including phenoxy) is 5. The average molecular weight is 541 g/mol. The van der Waals surface area contributed by atoms with Gasteiger partial charge in [0.15, 0.2) is 11.5 Å². The Kier molecular flexibility index (Phi) is 9.32. The van der Waals surface area contributed by atoms with Crippen molar-refractivity contribution in [2.45, 2.75) is 19.4 Å². The molecular formula is C29H36N2O8. The molecule has 2 aromatic carbocycles. The van der Waals surface area contributed by atoms with E-state index in [4.69, 9.17) is 23.7 Å². The fourth-order valence-electron chi connectivity index (χ4n) is 4.90. The Balaban J connectivity index is 1.82. The van der Waals surface area contributed by atoms with E-state index in [1.165, 1.54) is 26.2 Å². The molecule has 1 N–H and O–H groups in total. The Bertz CT molecular complexity index is 1200. The van der Waals surface area contributed by atoms with Gasteiger partial charge >= 0.3 is 0 Å². The van der Waals surface area contributed by atoms with Gasteiger partial charge in [-0.05, 0) is 36.2 Å². The summed E-state index contributed by atoms with van der Waals surface area (Å²) in [5.41, 5.74) is 0.918. The van der Waals surface area contributed by atoms with Crippen LogP contribution in [0.25, 0.3) is 5.76 Å². The average Bonchev–Trinajstić information content (AvgIpc) is 3.23. The topological polar surface area (TPSA) is 107 Å². The highest BCUT2D eigenvalue weighted by Gasteiger charge is 2.46. The van der Waals surface area contributed by atoms with Crippen molar-refractivity contribution < 1.29 is 38.4 Å². The number of hydrogen-bond donors (Lipinski definition) is 1. The van der Waals surface area contributed by atoms with Crippen LogP contribution in [-0.4, -0.2) is 93.9 Å². The number of morpholine rings is 1. The molecule has 1 atom stereocenters. The summed E-state index contributed by atoms with van der Waals surface area (Å²) < 4.78 is 27.7. The zero-order chi connectivity index (χ0) is 27.9. The number of methoxy groups -OCH3 is 3. The molecule has 1 unspecified atom stereocenters. The third kappa shape index (κ3) is 5.97. The Labute approximate surface area is 228 Å². The number of hydrogen-bond acceptors (Lipinski definition) is 9. The number of nitrogens with zero attached hydrogens (tertiary/aromatic N) is 2. The molecule has 0 saturated carbocycles. The lowest BCUT2D eigenvalue weighted by atomic mass is 9.94. The molecule has 0 aliphatic carbocycles. The highest BCUT2D eigenvalue weighted by molar-refractivity contribution is 6.46. The fraction of sp³-hybridized carbons (Fsp3) is 0.448. The first-order chi connectivity index (χ1) is 18.9. The van der Waals surface area contributed by atoms with Gasteiger partial charge in [-0.25, -0.2) is 0 Å². The first kappa shape index (κ1) is 28.3. The molecule has 2 aliphatic heterocycles. The molecule has 210 valence electrons. The quantitative estimate of drug-likeness (QED) is 0.261. The van der Waals surface area contributed by atoms with Gasteiger partial charge < -0.3 is 33.7 Å². The SMILES string of the molecule is CCCOc1cccc(/C(O)=C2\C(=O)C(=O)N(CCN3CCOCC3)C2c2cc(OC)c(OC)c(OC)c2)c1. The van der Waals surface area contributed by atoms with Gasteiger partial charge in [-0.3, -0.25) is 14.5 Å². The number of ketones is 1. The summed E-state index contributed by atoms with van der Waals surface area (Å²) in [5, 5.41) is 11.5. The van der Waals surface area contributed by atoms with E-state index in [1.807, 2.05) is 6.92 Å². The van der Waals surface area contributed by atoms with Gasteiger partial charge in [0, 0.05) is 31.7 Å². The summed E-state index contributed by atoms with van der Waals surface area (Å²) in [4.78, 5) is 30.6. The lowest BCUT2D eigenvalue weighted by molar-refractivity contribution is -0.140. The second-order valence-corrected chi connectivity index (χ2v) is 9.28. The Morgan fingerprint density at radius 2 is 1.69 bits per heavy atom. The van der Waals surface area contributed by atoms with Crippen molar-refractivity contribution in [3.63, 3.8) is 0 Å². The van der Waals surface area contributed by atoms with E-state index >= 15 is 0 Å². The maximum absolute atomic E-state index is 13.5. The van der Waals surface area contributed by atoms with Crippen LogP contribution in [0.1, 0.15) is 30.5 Å². The third-order valence-electron chi connectivity index (χ3n) is 6.88. The second kappa shape index (κ2) is 12.9. The minimum Gasteiger partial charge on any atom is -0.507 e. The molecule has 2 heterocycles.